The number of fused-ring (bicyclic) bond motifs is 1. The number of carboxylic acid groups (broad SMARTS) is 1. The average Bonchev–Trinajstić information content (AvgIpc) is 3.06. The number of aromatic carboxylic acids is 1. The van der Waals surface area contributed by atoms with E-state index in [1.807, 2.05) is 18.2 Å². The van der Waals surface area contributed by atoms with Crippen molar-refractivity contribution >= 4 is 52.4 Å². The van der Waals surface area contributed by atoms with E-state index >= 15 is 0 Å². The Bertz CT molecular complexity index is 1050. The fourth-order valence-electron chi connectivity index (χ4n) is 3.28. The lowest BCUT2D eigenvalue weighted by Crippen LogP contribution is -2.19. The second-order valence-corrected chi connectivity index (χ2v) is 7.36. The van der Waals surface area contributed by atoms with Gasteiger partial charge in [0.15, 0.2) is 11.9 Å². The molecule has 0 spiro atoms. The predicted molar refractivity (Wildman–Crippen MR) is 109 cm³/mol. The summed E-state index contributed by atoms with van der Waals surface area (Å²) in [7, 11) is 0. The Labute approximate surface area is 171 Å². The quantitative estimate of drug-likeness (QED) is 0.582. The monoisotopic (exact) mass is 417 g/mol. The van der Waals surface area contributed by atoms with Crippen LogP contribution in [0.5, 0.6) is 0 Å². The van der Waals surface area contributed by atoms with Gasteiger partial charge in [-0.2, -0.15) is 5.10 Å². The molecule has 1 saturated heterocycles. The Hall–Kier alpha value is -2.41. The van der Waals surface area contributed by atoms with Gasteiger partial charge >= 0.3 is 5.97 Å². The number of hydrogen-bond donors (Lipinski definition) is 1. The van der Waals surface area contributed by atoms with Crippen molar-refractivity contribution in [2.24, 2.45) is 0 Å². The largest absolute Gasteiger partial charge is 0.478 e. The first-order valence-electron chi connectivity index (χ1n) is 8.90. The molecule has 4 rings (SSSR count). The molecule has 8 heteroatoms. The van der Waals surface area contributed by atoms with E-state index in [0.29, 0.717) is 28.4 Å². The van der Waals surface area contributed by atoms with Gasteiger partial charge in [0.25, 0.3) is 0 Å². The molecule has 0 saturated carbocycles. The summed E-state index contributed by atoms with van der Waals surface area (Å²) in [5, 5.41) is 15.5. The molecule has 1 fully saturated rings. The minimum atomic E-state index is -1.08. The smallest absolute Gasteiger partial charge is 0.336 e. The van der Waals surface area contributed by atoms with Gasteiger partial charge in [-0.3, -0.25) is 0 Å². The van der Waals surface area contributed by atoms with Gasteiger partial charge in [0.2, 0.25) is 0 Å². The number of aromatic nitrogens is 3. The molecule has 144 valence electrons. The van der Waals surface area contributed by atoms with Crippen LogP contribution in [0.3, 0.4) is 0 Å². The second-order valence-electron chi connectivity index (χ2n) is 6.53. The summed E-state index contributed by atoms with van der Waals surface area (Å²) < 4.78 is 7.48. The molecule has 0 aliphatic carbocycles. The van der Waals surface area contributed by atoms with E-state index < -0.39 is 5.97 Å². The van der Waals surface area contributed by atoms with Crippen LogP contribution in [-0.4, -0.2) is 32.4 Å². The van der Waals surface area contributed by atoms with E-state index in [1.54, 1.807) is 22.9 Å². The van der Waals surface area contributed by atoms with E-state index in [0.717, 1.165) is 24.8 Å². The molecule has 1 N–H and O–H groups in total. The van der Waals surface area contributed by atoms with Crippen LogP contribution in [0, 0.1) is 0 Å². The number of halogens is 2. The summed E-state index contributed by atoms with van der Waals surface area (Å²) in [5.41, 5.74) is 1.89. The van der Waals surface area contributed by atoms with Gasteiger partial charge in [0, 0.05) is 11.6 Å². The maximum Gasteiger partial charge on any atom is 0.336 e. The molecule has 1 aliphatic heterocycles. The highest BCUT2D eigenvalue weighted by atomic mass is 35.5. The Balaban J connectivity index is 1.86. The van der Waals surface area contributed by atoms with Crippen molar-refractivity contribution in [1.29, 1.82) is 0 Å². The molecule has 1 unspecified atom stereocenters. The Kier molecular flexibility index (Phi) is 5.35. The highest BCUT2D eigenvalue weighted by molar-refractivity contribution is 6.31. The van der Waals surface area contributed by atoms with Crippen LogP contribution in [0.15, 0.2) is 30.3 Å². The van der Waals surface area contributed by atoms with E-state index in [-0.39, 0.29) is 16.9 Å². The molecular formula is C20H17Cl2N3O3. The first-order chi connectivity index (χ1) is 13.5. The third-order valence-electron chi connectivity index (χ3n) is 4.62. The maximum absolute atomic E-state index is 11.8. The summed E-state index contributed by atoms with van der Waals surface area (Å²) in [6.45, 7) is 0.633. The molecule has 0 radical (unpaired) electrons. The predicted octanol–water partition coefficient (Wildman–Crippen LogP) is 5.31. The maximum atomic E-state index is 11.8. The van der Waals surface area contributed by atoms with Crippen molar-refractivity contribution < 1.29 is 14.6 Å². The summed E-state index contributed by atoms with van der Waals surface area (Å²) in [5.74, 6) is -1.08. The molecule has 3 heterocycles. The fraction of sp³-hybridized carbons (Fsp3) is 0.250. The molecular weight excluding hydrogens is 401 g/mol. The van der Waals surface area contributed by atoms with Crippen LogP contribution >= 0.6 is 23.2 Å². The van der Waals surface area contributed by atoms with Crippen LogP contribution in [0.2, 0.25) is 10.2 Å². The number of rotatable bonds is 4. The minimum absolute atomic E-state index is 0.0628. The average molecular weight is 418 g/mol. The van der Waals surface area contributed by atoms with Crippen LogP contribution in [-0.2, 0) is 4.74 Å². The SMILES string of the molecule is O=C(O)c1cc(Cl)nc2c1c(/C=C/c1ccc(Cl)cc1)nn2C1CCCCO1. The molecule has 6 nitrogen and oxygen atoms in total. The van der Waals surface area contributed by atoms with Crippen molar-refractivity contribution in [1.82, 2.24) is 14.8 Å². The van der Waals surface area contributed by atoms with E-state index in [9.17, 15) is 9.90 Å². The third kappa shape index (κ3) is 3.76. The van der Waals surface area contributed by atoms with Crippen molar-refractivity contribution in [2.75, 3.05) is 6.61 Å². The first kappa shape index (κ1) is 18.9. The topological polar surface area (TPSA) is 77.2 Å². The number of benzene rings is 1. The Morgan fingerprint density at radius 1 is 1.21 bits per heavy atom. The van der Waals surface area contributed by atoms with Crippen LogP contribution < -0.4 is 0 Å². The standard InChI is InChI=1S/C20H17Cl2N3O3/c21-13-7-4-12(5-8-13)6-9-15-18-14(20(26)27)11-16(22)23-19(18)25(24-15)17-3-1-2-10-28-17/h4-9,11,17H,1-3,10H2,(H,26,27)/b9-6+. The second kappa shape index (κ2) is 7.91. The van der Waals surface area contributed by atoms with Crippen molar-refractivity contribution in [3.63, 3.8) is 0 Å². The number of carboxylic acids is 1. The van der Waals surface area contributed by atoms with Gasteiger partial charge in [-0.1, -0.05) is 41.4 Å². The lowest BCUT2D eigenvalue weighted by molar-refractivity contribution is -0.0370. The van der Waals surface area contributed by atoms with E-state index in [1.165, 1.54) is 6.07 Å². The zero-order valence-corrected chi connectivity index (χ0v) is 16.3. The molecule has 1 aliphatic rings. The van der Waals surface area contributed by atoms with Gasteiger partial charge in [-0.25, -0.2) is 14.5 Å². The van der Waals surface area contributed by atoms with Crippen LogP contribution in [0.1, 0.15) is 47.1 Å². The fourth-order valence-corrected chi connectivity index (χ4v) is 3.60. The van der Waals surface area contributed by atoms with Crippen molar-refractivity contribution in [3.05, 3.63) is 57.3 Å². The molecule has 28 heavy (non-hydrogen) atoms. The molecule has 0 bridgehead atoms. The normalized spacial score (nSPS) is 17.4. The van der Waals surface area contributed by atoms with Crippen LogP contribution in [0.25, 0.3) is 23.2 Å². The number of hydrogen-bond acceptors (Lipinski definition) is 4. The zero-order valence-electron chi connectivity index (χ0n) is 14.8. The van der Waals surface area contributed by atoms with Gasteiger partial charge in [0.1, 0.15) is 5.15 Å². The molecule has 2 aromatic heterocycles. The number of carbonyl (C=O) groups is 1. The lowest BCUT2D eigenvalue weighted by Gasteiger charge is -2.23. The van der Waals surface area contributed by atoms with E-state index in [2.05, 4.69) is 10.1 Å². The molecule has 3 aromatic rings. The number of ether oxygens (including phenoxy) is 1. The molecule has 1 aromatic carbocycles. The van der Waals surface area contributed by atoms with Crippen LogP contribution in [0.4, 0.5) is 0 Å². The third-order valence-corrected chi connectivity index (χ3v) is 5.07. The summed E-state index contributed by atoms with van der Waals surface area (Å²) >= 11 is 12.0. The highest BCUT2D eigenvalue weighted by Gasteiger charge is 2.25. The summed E-state index contributed by atoms with van der Waals surface area (Å²) in [6, 6.07) is 8.67. The highest BCUT2D eigenvalue weighted by Crippen LogP contribution is 2.31. The van der Waals surface area contributed by atoms with E-state index in [4.69, 9.17) is 27.9 Å². The van der Waals surface area contributed by atoms with Gasteiger partial charge in [0.05, 0.1) is 16.6 Å². The lowest BCUT2D eigenvalue weighted by atomic mass is 10.1. The molecule has 0 amide bonds. The zero-order chi connectivity index (χ0) is 19.7. The number of pyridine rings is 1. The van der Waals surface area contributed by atoms with Gasteiger partial charge < -0.3 is 9.84 Å². The Morgan fingerprint density at radius 3 is 2.68 bits per heavy atom. The summed E-state index contributed by atoms with van der Waals surface area (Å²) in [6.07, 6.45) is 6.12. The number of nitrogens with zero attached hydrogens (tertiary/aromatic N) is 3. The first-order valence-corrected chi connectivity index (χ1v) is 9.66. The summed E-state index contributed by atoms with van der Waals surface area (Å²) in [4.78, 5) is 16.2. The Morgan fingerprint density at radius 2 is 2.00 bits per heavy atom. The van der Waals surface area contributed by atoms with Crippen molar-refractivity contribution in [3.8, 4) is 0 Å². The van der Waals surface area contributed by atoms with Gasteiger partial charge in [-0.15, -0.1) is 0 Å². The van der Waals surface area contributed by atoms with Gasteiger partial charge in [-0.05, 0) is 49.1 Å². The van der Waals surface area contributed by atoms with Crippen molar-refractivity contribution in [2.45, 2.75) is 25.5 Å². The minimum Gasteiger partial charge on any atom is -0.478 e. The molecule has 1 atom stereocenters.